The first kappa shape index (κ1) is 17.9. The van der Waals surface area contributed by atoms with Crippen molar-refractivity contribution in [2.75, 3.05) is 19.6 Å². The number of hydrogen-bond donors (Lipinski definition) is 2. The number of hydrogen-bond acceptors (Lipinski definition) is 6. The molecule has 0 aliphatic carbocycles. The van der Waals surface area contributed by atoms with Crippen molar-refractivity contribution in [3.63, 3.8) is 0 Å². The Kier molecular flexibility index (Phi) is 6.12. The maximum Gasteiger partial charge on any atom is 0.243 e. The first-order valence-corrected chi connectivity index (χ1v) is 8.41. The molecule has 0 radical (unpaired) electrons. The second kappa shape index (κ2) is 7.88. The lowest BCUT2D eigenvalue weighted by Crippen LogP contribution is -2.42. The van der Waals surface area contributed by atoms with Crippen LogP contribution in [0.2, 0.25) is 0 Å². The molecule has 1 aromatic rings. The molecule has 0 spiro atoms. The Balaban J connectivity index is 1.84. The zero-order valence-corrected chi connectivity index (χ0v) is 14.5. The van der Waals surface area contributed by atoms with E-state index in [1.54, 1.807) is 6.92 Å². The zero-order valence-electron chi connectivity index (χ0n) is 14.5. The summed E-state index contributed by atoms with van der Waals surface area (Å²) in [6.45, 7) is 9.77. The van der Waals surface area contributed by atoms with Gasteiger partial charge in [-0.2, -0.15) is 4.98 Å². The predicted molar refractivity (Wildman–Crippen MR) is 85.8 cm³/mol. The van der Waals surface area contributed by atoms with E-state index in [1.165, 1.54) is 0 Å². The fourth-order valence-corrected chi connectivity index (χ4v) is 2.75. The summed E-state index contributed by atoms with van der Waals surface area (Å²) in [6.07, 6.45) is 1.11. The highest BCUT2D eigenvalue weighted by molar-refractivity contribution is 5.78. The van der Waals surface area contributed by atoms with Crippen LogP contribution in [-0.2, 0) is 4.79 Å². The Morgan fingerprint density at radius 3 is 2.52 bits per heavy atom. The number of aliphatic hydroxyl groups is 1. The van der Waals surface area contributed by atoms with Gasteiger partial charge in [0.1, 0.15) is 0 Å². The van der Waals surface area contributed by atoms with Crippen molar-refractivity contribution in [2.45, 2.75) is 58.6 Å². The molecule has 2 heterocycles. The zero-order chi connectivity index (χ0) is 17.0. The third kappa shape index (κ3) is 4.75. The number of carbonyl (C=O) groups excluding carboxylic acids is 1. The number of aliphatic hydroxyl groups excluding tert-OH is 1. The van der Waals surface area contributed by atoms with Gasteiger partial charge in [-0.05, 0) is 39.8 Å². The van der Waals surface area contributed by atoms with Crippen LogP contribution in [-0.4, -0.2) is 51.8 Å². The van der Waals surface area contributed by atoms with Crippen LogP contribution in [0.5, 0.6) is 0 Å². The van der Waals surface area contributed by atoms with Crippen LogP contribution >= 0.6 is 0 Å². The van der Waals surface area contributed by atoms with E-state index in [1.807, 2.05) is 13.8 Å². The quantitative estimate of drug-likeness (QED) is 0.823. The fraction of sp³-hybridized carbons (Fsp3) is 0.812. The summed E-state index contributed by atoms with van der Waals surface area (Å²) in [5, 5.41) is 16.0. The van der Waals surface area contributed by atoms with Crippen molar-refractivity contribution in [1.82, 2.24) is 20.4 Å². The van der Waals surface area contributed by atoms with E-state index in [0.29, 0.717) is 12.4 Å². The van der Waals surface area contributed by atoms with Gasteiger partial charge in [-0.1, -0.05) is 19.0 Å². The molecule has 0 saturated carbocycles. The van der Waals surface area contributed by atoms with E-state index in [0.717, 1.165) is 31.8 Å². The van der Waals surface area contributed by atoms with Gasteiger partial charge in [0.05, 0.1) is 12.1 Å². The Morgan fingerprint density at radius 1 is 1.35 bits per heavy atom. The van der Waals surface area contributed by atoms with Gasteiger partial charge < -0.3 is 14.9 Å². The van der Waals surface area contributed by atoms with E-state index in [4.69, 9.17) is 4.52 Å². The normalized spacial score (nSPS) is 19.7. The van der Waals surface area contributed by atoms with Crippen molar-refractivity contribution >= 4 is 5.91 Å². The van der Waals surface area contributed by atoms with Gasteiger partial charge >= 0.3 is 0 Å². The first-order valence-electron chi connectivity index (χ1n) is 8.41. The molecule has 1 aliphatic rings. The summed E-state index contributed by atoms with van der Waals surface area (Å²) in [6, 6.07) is 0.0662. The molecule has 130 valence electrons. The van der Waals surface area contributed by atoms with Gasteiger partial charge in [0.25, 0.3) is 0 Å². The number of nitrogens with zero attached hydrogens (tertiary/aromatic N) is 3. The van der Waals surface area contributed by atoms with Crippen LogP contribution in [0, 0.1) is 5.92 Å². The third-order valence-corrected chi connectivity index (χ3v) is 4.35. The second-order valence-electron chi connectivity index (χ2n) is 6.73. The smallest absolute Gasteiger partial charge is 0.243 e. The van der Waals surface area contributed by atoms with Gasteiger partial charge in [-0.25, -0.2) is 0 Å². The van der Waals surface area contributed by atoms with Gasteiger partial charge in [0, 0.05) is 18.4 Å². The molecule has 2 atom stereocenters. The number of carbonyl (C=O) groups is 1. The average Bonchev–Trinajstić information content (AvgIpc) is 3.02. The standard InChI is InChI=1S/C16H28N4O3/c1-10(2)14-18-16(23-19-14)12(4)20-7-5-13(6-8-20)15(22)17-9-11(3)21/h10-13,21H,5-9H2,1-4H3,(H,17,22)/t11-,12-/m0/s1. The van der Waals surface area contributed by atoms with E-state index >= 15 is 0 Å². The number of amides is 1. The Bertz CT molecular complexity index is 507. The van der Waals surface area contributed by atoms with Crippen molar-refractivity contribution < 1.29 is 14.4 Å². The van der Waals surface area contributed by atoms with Gasteiger partial charge in [0.2, 0.25) is 11.8 Å². The van der Waals surface area contributed by atoms with E-state index in [-0.39, 0.29) is 23.8 Å². The molecule has 2 N–H and O–H groups in total. The lowest BCUT2D eigenvalue weighted by atomic mass is 9.95. The summed E-state index contributed by atoms with van der Waals surface area (Å²) in [4.78, 5) is 18.8. The maximum absolute atomic E-state index is 12.0. The largest absolute Gasteiger partial charge is 0.392 e. The number of likely N-dealkylation sites (tertiary alicyclic amines) is 1. The number of rotatable bonds is 6. The van der Waals surface area contributed by atoms with Crippen molar-refractivity contribution in [3.8, 4) is 0 Å². The van der Waals surface area contributed by atoms with E-state index in [2.05, 4.69) is 27.3 Å². The van der Waals surface area contributed by atoms with Gasteiger partial charge in [0.15, 0.2) is 5.82 Å². The van der Waals surface area contributed by atoms with Crippen molar-refractivity contribution in [3.05, 3.63) is 11.7 Å². The van der Waals surface area contributed by atoms with Gasteiger partial charge in [-0.15, -0.1) is 0 Å². The summed E-state index contributed by atoms with van der Waals surface area (Å²) in [7, 11) is 0. The summed E-state index contributed by atoms with van der Waals surface area (Å²) < 4.78 is 5.37. The molecular weight excluding hydrogens is 296 g/mol. The predicted octanol–water partition coefficient (Wildman–Crippen LogP) is 1.46. The van der Waals surface area contributed by atoms with Crippen LogP contribution < -0.4 is 5.32 Å². The van der Waals surface area contributed by atoms with Crippen LogP contribution in [0.1, 0.15) is 64.2 Å². The first-order chi connectivity index (χ1) is 10.9. The second-order valence-corrected chi connectivity index (χ2v) is 6.73. The van der Waals surface area contributed by atoms with Crippen LogP contribution in [0.4, 0.5) is 0 Å². The molecule has 1 saturated heterocycles. The molecule has 0 unspecified atom stereocenters. The lowest BCUT2D eigenvalue weighted by molar-refractivity contribution is -0.127. The molecule has 2 rings (SSSR count). The molecule has 23 heavy (non-hydrogen) atoms. The van der Waals surface area contributed by atoms with Crippen LogP contribution in [0.3, 0.4) is 0 Å². The number of aromatic nitrogens is 2. The minimum absolute atomic E-state index is 0.0195. The monoisotopic (exact) mass is 324 g/mol. The van der Waals surface area contributed by atoms with E-state index < -0.39 is 6.10 Å². The van der Waals surface area contributed by atoms with Gasteiger partial charge in [-0.3, -0.25) is 9.69 Å². The minimum Gasteiger partial charge on any atom is -0.392 e. The molecule has 7 nitrogen and oxygen atoms in total. The van der Waals surface area contributed by atoms with Crippen molar-refractivity contribution in [2.24, 2.45) is 5.92 Å². The summed E-state index contributed by atoms with van der Waals surface area (Å²) in [5.74, 6) is 1.69. The van der Waals surface area contributed by atoms with E-state index in [9.17, 15) is 9.90 Å². The summed E-state index contributed by atoms with van der Waals surface area (Å²) in [5.41, 5.74) is 0. The molecular formula is C16H28N4O3. The highest BCUT2D eigenvalue weighted by Gasteiger charge is 2.29. The average molecular weight is 324 g/mol. The number of nitrogens with one attached hydrogen (secondary N) is 1. The maximum atomic E-state index is 12.0. The molecule has 1 fully saturated rings. The molecule has 0 bridgehead atoms. The SMILES string of the molecule is CC(C)c1noc([C@H](C)N2CCC(C(=O)NC[C@H](C)O)CC2)n1. The third-order valence-electron chi connectivity index (χ3n) is 4.35. The number of piperidine rings is 1. The minimum atomic E-state index is -0.508. The lowest BCUT2D eigenvalue weighted by Gasteiger charge is -2.33. The molecule has 7 heteroatoms. The van der Waals surface area contributed by atoms with Crippen LogP contribution in [0.15, 0.2) is 4.52 Å². The topological polar surface area (TPSA) is 91.5 Å². The highest BCUT2D eigenvalue weighted by Crippen LogP contribution is 2.26. The molecule has 1 aliphatic heterocycles. The molecule has 0 aromatic carbocycles. The Labute approximate surface area is 137 Å². The fourth-order valence-electron chi connectivity index (χ4n) is 2.75. The van der Waals surface area contributed by atoms with Crippen LogP contribution in [0.25, 0.3) is 0 Å². The summed E-state index contributed by atoms with van der Waals surface area (Å²) >= 11 is 0. The Hall–Kier alpha value is -1.47. The molecule has 1 amide bonds. The van der Waals surface area contributed by atoms with Crippen molar-refractivity contribution in [1.29, 1.82) is 0 Å². The molecule has 1 aromatic heterocycles. The Morgan fingerprint density at radius 2 is 2.00 bits per heavy atom. The highest BCUT2D eigenvalue weighted by atomic mass is 16.5.